The van der Waals surface area contributed by atoms with Gasteiger partial charge in [0.2, 0.25) is 10.0 Å². The van der Waals surface area contributed by atoms with Crippen molar-refractivity contribution in [3.05, 3.63) is 35.9 Å². The second-order valence-electron chi connectivity index (χ2n) is 6.03. The molecule has 2 saturated heterocycles. The molecule has 1 amide bonds. The summed E-state index contributed by atoms with van der Waals surface area (Å²) in [5.41, 5.74) is 0.627. The van der Waals surface area contributed by atoms with Gasteiger partial charge >= 0.3 is 0 Å². The molecule has 3 rings (SSSR count). The Kier molecular flexibility index (Phi) is 4.49. The van der Waals surface area contributed by atoms with Crippen LogP contribution in [0.1, 0.15) is 36.0 Å². The number of likely N-dealkylation sites (tertiary alicyclic amines) is 1. The molecule has 2 aliphatic rings. The minimum absolute atomic E-state index is 0.0677. The maximum Gasteiger partial charge on any atom is 0.253 e. The lowest BCUT2D eigenvalue weighted by atomic mass is 10.1. The molecule has 22 heavy (non-hydrogen) atoms. The average Bonchev–Trinajstić information content (AvgIpc) is 3.10. The fraction of sp³-hybridized carbons (Fsp3) is 0.562. The molecule has 0 N–H and O–H groups in total. The van der Waals surface area contributed by atoms with Crippen molar-refractivity contribution in [1.29, 1.82) is 0 Å². The highest BCUT2D eigenvalue weighted by Gasteiger charge is 2.37. The van der Waals surface area contributed by atoms with E-state index in [1.165, 1.54) is 0 Å². The molecule has 0 aliphatic carbocycles. The number of amides is 1. The van der Waals surface area contributed by atoms with E-state index in [0.29, 0.717) is 38.2 Å². The number of sulfonamides is 1. The zero-order valence-electron chi connectivity index (χ0n) is 12.6. The van der Waals surface area contributed by atoms with Crippen molar-refractivity contribution in [3.63, 3.8) is 0 Å². The molecule has 0 unspecified atom stereocenters. The van der Waals surface area contributed by atoms with Crippen LogP contribution < -0.4 is 0 Å². The Morgan fingerprint density at radius 2 is 1.68 bits per heavy atom. The maximum atomic E-state index is 12.7. The van der Waals surface area contributed by atoms with E-state index in [1.807, 2.05) is 18.2 Å². The van der Waals surface area contributed by atoms with Crippen LogP contribution in [0.5, 0.6) is 0 Å². The summed E-state index contributed by atoms with van der Waals surface area (Å²) >= 11 is 0. The van der Waals surface area contributed by atoms with Crippen LogP contribution in [0.15, 0.2) is 30.3 Å². The highest BCUT2D eigenvalue weighted by Crippen LogP contribution is 2.24. The SMILES string of the molecule is O=C(c1ccccc1)N1CCC[C@@H](S(=O)(=O)N2CCCC2)C1. The van der Waals surface area contributed by atoms with Crippen LogP contribution in [0.25, 0.3) is 0 Å². The monoisotopic (exact) mass is 322 g/mol. The van der Waals surface area contributed by atoms with Crippen molar-refractivity contribution in [3.8, 4) is 0 Å². The summed E-state index contributed by atoms with van der Waals surface area (Å²) in [5.74, 6) is -0.0677. The Morgan fingerprint density at radius 1 is 1.00 bits per heavy atom. The number of carbonyl (C=O) groups is 1. The molecule has 5 nitrogen and oxygen atoms in total. The molecule has 1 atom stereocenters. The largest absolute Gasteiger partial charge is 0.337 e. The zero-order chi connectivity index (χ0) is 15.6. The molecule has 0 aromatic heterocycles. The average molecular weight is 322 g/mol. The second kappa shape index (κ2) is 6.38. The fourth-order valence-corrected chi connectivity index (χ4v) is 5.30. The Balaban J connectivity index is 1.73. The zero-order valence-corrected chi connectivity index (χ0v) is 13.5. The van der Waals surface area contributed by atoms with E-state index in [4.69, 9.17) is 0 Å². The first kappa shape index (κ1) is 15.5. The van der Waals surface area contributed by atoms with E-state index < -0.39 is 15.3 Å². The lowest BCUT2D eigenvalue weighted by Crippen LogP contribution is -2.49. The Labute approximate surface area is 132 Å². The van der Waals surface area contributed by atoms with Crippen molar-refractivity contribution in [2.75, 3.05) is 26.2 Å². The lowest BCUT2D eigenvalue weighted by Gasteiger charge is -2.34. The molecular formula is C16H22N2O3S. The minimum atomic E-state index is -3.27. The highest BCUT2D eigenvalue weighted by molar-refractivity contribution is 7.89. The predicted octanol–water partition coefficient (Wildman–Crippen LogP) is 1.72. The Hall–Kier alpha value is -1.40. The van der Waals surface area contributed by atoms with Crippen LogP contribution in [-0.2, 0) is 10.0 Å². The van der Waals surface area contributed by atoms with Gasteiger partial charge in [-0.1, -0.05) is 18.2 Å². The molecule has 0 bridgehead atoms. The Morgan fingerprint density at radius 3 is 2.36 bits per heavy atom. The predicted molar refractivity (Wildman–Crippen MR) is 85.1 cm³/mol. The number of nitrogens with zero attached hydrogens (tertiary/aromatic N) is 2. The molecule has 6 heteroatoms. The molecule has 0 saturated carbocycles. The van der Waals surface area contributed by atoms with Gasteiger partial charge in [-0.3, -0.25) is 4.79 Å². The maximum absolute atomic E-state index is 12.7. The highest BCUT2D eigenvalue weighted by atomic mass is 32.2. The number of rotatable bonds is 3. The quantitative estimate of drug-likeness (QED) is 0.851. The van der Waals surface area contributed by atoms with Crippen molar-refractivity contribution in [1.82, 2.24) is 9.21 Å². The Bertz CT molecular complexity index is 624. The molecule has 2 heterocycles. The van der Waals surface area contributed by atoms with Crippen LogP contribution in [-0.4, -0.2) is 55.0 Å². The van der Waals surface area contributed by atoms with E-state index in [-0.39, 0.29) is 5.91 Å². The molecule has 2 aliphatic heterocycles. The number of hydrogen-bond donors (Lipinski definition) is 0. The summed E-state index contributed by atoms with van der Waals surface area (Å²) in [5, 5.41) is -0.452. The normalized spacial score (nSPS) is 23.6. The molecule has 1 aromatic carbocycles. The van der Waals surface area contributed by atoms with E-state index >= 15 is 0 Å². The van der Waals surface area contributed by atoms with Crippen molar-refractivity contribution >= 4 is 15.9 Å². The number of carbonyl (C=O) groups excluding carboxylic acids is 1. The van der Waals surface area contributed by atoms with Gasteiger partial charge in [0.25, 0.3) is 5.91 Å². The van der Waals surface area contributed by atoms with E-state index in [0.717, 1.165) is 19.3 Å². The molecular weight excluding hydrogens is 300 g/mol. The van der Waals surface area contributed by atoms with Crippen LogP contribution in [0, 0.1) is 0 Å². The second-order valence-corrected chi connectivity index (χ2v) is 8.25. The number of piperidine rings is 1. The molecule has 0 spiro atoms. The van der Waals surface area contributed by atoms with Crippen LogP contribution in [0.3, 0.4) is 0 Å². The number of benzene rings is 1. The molecule has 2 fully saturated rings. The van der Waals surface area contributed by atoms with E-state index in [2.05, 4.69) is 0 Å². The van der Waals surface area contributed by atoms with Crippen LogP contribution in [0.2, 0.25) is 0 Å². The number of hydrogen-bond acceptors (Lipinski definition) is 3. The minimum Gasteiger partial charge on any atom is -0.337 e. The lowest BCUT2D eigenvalue weighted by molar-refractivity contribution is 0.0726. The summed E-state index contributed by atoms with van der Waals surface area (Å²) in [6.07, 6.45) is 3.28. The summed E-state index contributed by atoms with van der Waals surface area (Å²) < 4.78 is 27.0. The third-order valence-electron chi connectivity index (χ3n) is 4.53. The first-order valence-electron chi connectivity index (χ1n) is 7.92. The fourth-order valence-electron chi connectivity index (χ4n) is 3.28. The first-order chi connectivity index (χ1) is 10.6. The summed E-state index contributed by atoms with van der Waals surface area (Å²) in [6.45, 7) is 2.21. The topological polar surface area (TPSA) is 57.7 Å². The third kappa shape index (κ3) is 3.03. The smallest absolute Gasteiger partial charge is 0.253 e. The molecule has 1 aromatic rings. The standard InChI is InChI=1S/C16H22N2O3S/c19-16(14-7-2-1-3-8-14)17-10-6-9-15(13-17)22(20,21)18-11-4-5-12-18/h1-3,7-8,15H,4-6,9-13H2/t15-/m1/s1. The summed E-state index contributed by atoms with van der Waals surface area (Å²) in [4.78, 5) is 14.2. The van der Waals surface area contributed by atoms with Gasteiger partial charge in [-0.05, 0) is 37.8 Å². The van der Waals surface area contributed by atoms with Gasteiger partial charge in [-0.15, -0.1) is 0 Å². The first-order valence-corrected chi connectivity index (χ1v) is 9.42. The van der Waals surface area contributed by atoms with E-state index in [1.54, 1.807) is 21.3 Å². The van der Waals surface area contributed by atoms with Crippen molar-refractivity contribution in [2.45, 2.75) is 30.9 Å². The van der Waals surface area contributed by atoms with Gasteiger partial charge in [0.15, 0.2) is 0 Å². The van der Waals surface area contributed by atoms with Crippen molar-refractivity contribution in [2.24, 2.45) is 0 Å². The summed E-state index contributed by atoms with van der Waals surface area (Å²) in [6, 6.07) is 9.08. The van der Waals surface area contributed by atoms with Gasteiger partial charge < -0.3 is 4.90 Å². The third-order valence-corrected chi connectivity index (χ3v) is 6.84. The molecule has 120 valence electrons. The summed E-state index contributed by atoms with van der Waals surface area (Å²) in [7, 11) is -3.27. The van der Waals surface area contributed by atoms with Gasteiger partial charge in [-0.2, -0.15) is 0 Å². The van der Waals surface area contributed by atoms with Crippen LogP contribution >= 0.6 is 0 Å². The van der Waals surface area contributed by atoms with Gasteiger partial charge in [0.05, 0.1) is 5.25 Å². The van der Waals surface area contributed by atoms with Gasteiger partial charge in [0.1, 0.15) is 0 Å². The molecule has 0 radical (unpaired) electrons. The van der Waals surface area contributed by atoms with Gasteiger partial charge in [0, 0.05) is 31.7 Å². The van der Waals surface area contributed by atoms with Crippen molar-refractivity contribution < 1.29 is 13.2 Å². The van der Waals surface area contributed by atoms with Gasteiger partial charge in [-0.25, -0.2) is 12.7 Å². The van der Waals surface area contributed by atoms with E-state index in [9.17, 15) is 13.2 Å². The van der Waals surface area contributed by atoms with Crippen LogP contribution in [0.4, 0.5) is 0 Å².